The number of carbonyl (C=O) groups is 1. The lowest BCUT2D eigenvalue weighted by Crippen LogP contribution is -2.59. The number of hydrogen-bond donors (Lipinski definition) is 7. The van der Waals surface area contributed by atoms with Gasteiger partial charge in [-0.1, -0.05) is 0 Å². The highest BCUT2D eigenvalue weighted by molar-refractivity contribution is 5.91. The molecule has 0 amide bonds. The molecule has 1 aliphatic heterocycles. The molecule has 0 radical (unpaired) electrons. The lowest BCUT2D eigenvalue weighted by atomic mass is 9.99. The van der Waals surface area contributed by atoms with E-state index in [4.69, 9.17) is 24.6 Å². The van der Waals surface area contributed by atoms with Crippen molar-refractivity contribution in [1.82, 2.24) is 0 Å². The average Bonchev–Trinajstić information content (AvgIpc) is 2.73. The number of aliphatic hydroxyl groups excluding tert-OH is 4. The number of carbonyl (C=O) groups excluding carboxylic acids is 1. The first-order valence-corrected chi connectivity index (χ1v) is 8.62. The molecule has 0 unspecified atom stereocenters. The summed E-state index contributed by atoms with van der Waals surface area (Å²) in [5.41, 5.74) is -0.321. The van der Waals surface area contributed by atoms with Crippen LogP contribution in [0.3, 0.4) is 0 Å². The van der Waals surface area contributed by atoms with Gasteiger partial charge in [-0.3, -0.25) is 0 Å². The molecule has 1 aromatic carbocycles. The van der Waals surface area contributed by atoms with E-state index in [0.717, 1.165) is 12.1 Å². The van der Waals surface area contributed by atoms with E-state index in [-0.39, 0.29) is 17.7 Å². The number of phenolic OH excluding ortho intramolecular Hbond substituents is 3. The monoisotopic (exact) mass is 427 g/mol. The second-order valence-corrected chi connectivity index (χ2v) is 6.31. The minimum atomic E-state index is -1.61. The number of esters is 1. The fourth-order valence-corrected chi connectivity index (χ4v) is 2.53. The second kappa shape index (κ2) is 10.2. The molecule has 0 aliphatic carbocycles. The summed E-state index contributed by atoms with van der Waals surface area (Å²) in [5.74, 6) is -3.25. The third kappa shape index (κ3) is 5.36. The van der Waals surface area contributed by atoms with Crippen molar-refractivity contribution in [1.29, 1.82) is 5.26 Å². The van der Waals surface area contributed by atoms with Gasteiger partial charge in [-0.15, -0.1) is 0 Å². The standard InChI is InChI=1S/C18H21NO11/c19-5-8(7-29-17(27)9-3-10(21)13(23)11(22)4-9)1-2-28-18-16(26)15(25)14(24)12(6-20)30-18/h1,3-4,12,14-16,18,20-26H,2,6-7H2/b8-1+/t12-,14-,15+,16-,18-/m1/s1. The maximum atomic E-state index is 12.0. The molecule has 0 aromatic heterocycles. The molecule has 0 spiro atoms. The molecule has 7 N–H and O–H groups in total. The minimum Gasteiger partial charge on any atom is -0.504 e. The van der Waals surface area contributed by atoms with E-state index in [0.29, 0.717) is 0 Å². The molecule has 164 valence electrons. The molecule has 12 heteroatoms. The zero-order valence-electron chi connectivity index (χ0n) is 15.5. The number of nitrogens with zero attached hydrogens (tertiary/aromatic N) is 1. The molecular weight excluding hydrogens is 406 g/mol. The van der Waals surface area contributed by atoms with Gasteiger partial charge in [0, 0.05) is 0 Å². The number of ether oxygens (including phenoxy) is 3. The van der Waals surface area contributed by atoms with E-state index < -0.39 is 67.1 Å². The maximum absolute atomic E-state index is 12.0. The first kappa shape index (κ1) is 23.4. The van der Waals surface area contributed by atoms with Gasteiger partial charge in [-0.2, -0.15) is 5.26 Å². The number of phenols is 3. The summed E-state index contributed by atoms with van der Waals surface area (Å²) >= 11 is 0. The second-order valence-electron chi connectivity index (χ2n) is 6.31. The third-order valence-corrected chi connectivity index (χ3v) is 4.25. The fourth-order valence-electron chi connectivity index (χ4n) is 2.53. The van der Waals surface area contributed by atoms with E-state index in [1.54, 1.807) is 6.07 Å². The Morgan fingerprint density at radius 2 is 1.77 bits per heavy atom. The van der Waals surface area contributed by atoms with Crippen LogP contribution < -0.4 is 0 Å². The van der Waals surface area contributed by atoms with Crippen molar-refractivity contribution in [2.24, 2.45) is 0 Å². The molecular formula is C18H21NO11. The van der Waals surface area contributed by atoms with Gasteiger partial charge < -0.3 is 50.0 Å². The van der Waals surface area contributed by atoms with Crippen molar-refractivity contribution in [3.8, 4) is 23.3 Å². The van der Waals surface area contributed by atoms with Crippen LogP contribution in [0.2, 0.25) is 0 Å². The predicted molar refractivity (Wildman–Crippen MR) is 95.1 cm³/mol. The molecule has 1 fully saturated rings. The summed E-state index contributed by atoms with van der Waals surface area (Å²) < 4.78 is 15.2. The first-order chi connectivity index (χ1) is 14.2. The molecule has 30 heavy (non-hydrogen) atoms. The molecule has 2 rings (SSSR count). The SMILES string of the molecule is N#C/C(=C\CO[C@@H]1O[C@H](CO)[C@@H](O)[C@H](O)[C@H]1O)COC(=O)c1cc(O)c(O)c(O)c1. The van der Waals surface area contributed by atoms with E-state index in [2.05, 4.69) is 0 Å². The Bertz CT molecular complexity index is 809. The summed E-state index contributed by atoms with van der Waals surface area (Å²) in [4.78, 5) is 12.0. The number of aromatic hydroxyl groups is 3. The molecule has 5 atom stereocenters. The molecule has 1 heterocycles. The van der Waals surface area contributed by atoms with Crippen LogP contribution in [0.15, 0.2) is 23.8 Å². The van der Waals surface area contributed by atoms with Crippen molar-refractivity contribution in [2.45, 2.75) is 30.7 Å². The Hall–Kier alpha value is -2.92. The highest BCUT2D eigenvalue weighted by Gasteiger charge is 2.43. The number of nitriles is 1. The zero-order valence-corrected chi connectivity index (χ0v) is 15.5. The van der Waals surface area contributed by atoms with Gasteiger partial charge in [-0.05, 0) is 18.2 Å². The van der Waals surface area contributed by atoms with Crippen LogP contribution in [0, 0.1) is 11.3 Å². The van der Waals surface area contributed by atoms with Crippen LogP contribution in [0.5, 0.6) is 17.2 Å². The van der Waals surface area contributed by atoms with Crippen LogP contribution in [0.4, 0.5) is 0 Å². The number of hydrogen-bond acceptors (Lipinski definition) is 12. The van der Waals surface area contributed by atoms with Crippen molar-refractivity contribution < 1.29 is 54.8 Å². The highest BCUT2D eigenvalue weighted by atomic mass is 16.7. The zero-order chi connectivity index (χ0) is 22.4. The first-order valence-electron chi connectivity index (χ1n) is 8.62. The Kier molecular flexibility index (Phi) is 7.95. The van der Waals surface area contributed by atoms with E-state index in [1.165, 1.54) is 6.08 Å². The Morgan fingerprint density at radius 3 is 2.33 bits per heavy atom. The number of benzene rings is 1. The fraction of sp³-hybridized carbons (Fsp3) is 0.444. The molecule has 12 nitrogen and oxygen atoms in total. The van der Waals surface area contributed by atoms with Gasteiger partial charge in [0.15, 0.2) is 23.5 Å². The number of aliphatic hydroxyl groups is 4. The van der Waals surface area contributed by atoms with E-state index >= 15 is 0 Å². The van der Waals surface area contributed by atoms with Crippen molar-refractivity contribution in [3.63, 3.8) is 0 Å². The molecule has 1 aliphatic rings. The van der Waals surface area contributed by atoms with Gasteiger partial charge in [-0.25, -0.2) is 4.79 Å². The lowest BCUT2D eigenvalue weighted by molar-refractivity contribution is -0.298. The largest absolute Gasteiger partial charge is 0.504 e. The topological polar surface area (TPSA) is 210 Å². The van der Waals surface area contributed by atoms with Gasteiger partial charge in [0.05, 0.1) is 30.4 Å². The van der Waals surface area contributed by atoms with Gasteiger partial charge >= 0.3 is 5.97 Å². The lowest BCUT2D eigenvalue weighted by Gasteiger charge is -2.39. The summed E-state index contributed by atoms with van der Waals surface area (Å²) in [6, 6.07) is 3.50. The van der Waals surface area contributed by atoms with Crippen LogP contribution >= 0.6 is 0 Å². The average molecular weight is 427 g/mol. The van der Waals surface area contributed by atoms with Crippen LogP contribution in [-0.2, 0) is 14.2 Å². The van der Waals surface area contributed by atoms with Gasteiger partial charge in [0.1, 0.15) is 31.0 Å². The minimum absolute atomic E-state index is 0.0554. The van der Waals surface area contributed by atoms with Gasteiger partial charge in [0.2, 0.25) is 0 Å². The summed E-state index contributed by atoms with van der Waals surface area (Å²) in [5, 5.41) is 75.5. The Morgan fingerprint density at radius 1 is 1.13 bits per heavy atom. The molecule has 1 aromatic rings. The third-order valence-electron chi connectivity index (χ3n) is 4.25. The van der Waals surface area contributed by atoms with Crippen molar-refractivity contribution in [3.05, 3.63) is 29.3 Å². The quantitative estimate of drug-likeness (QED) is 0.146. The van der Waals surface area contributed by atoms with Crippen molar-refractivity contribution in [2.75, 3.05) is 19.8 Å². The van der Waals surface area contributed by atoms with Gasteiger partial charge in [0.25, 0.3) is 0 Å². The van der Waals surface area contributed by atoms with E-state index in [1.807, 2.05) is 0 Å². The molecule has 1 saturated heterocycles. The smallest absolute Gasteiger partial charge is 0.338 e. The predicted octanol–water partition coefficient (Wildman–Crippen LogP) is -1.77. The normalized spacial score (nSPS) is 26.8. The Balaban J connectivity index is 1.92. The Labute approximate surface area is 170 Å². The van der Waals surface area contributed by atoms with Crippen molar-refractivity contribution >= 4 is 5.97 Å². The molecule has 0 bridgehead atoms. The maximum Gasteiger partial charge on any atom is 0.338 e. The summed E-state index contributed by atoms with van der Waals surface area (Å²) in [7, 11) is 0. The summed E-state index contributed by atoms with van der Waals surface area (Å²) in [6.07, 6.45) is -6.07. The summed E-state index contributed by atoms with van der Waals surface area (Å²) in [6.45, 7) is -1.41. The molecule has 0 saturated carbocycles. The van der Waals surface area contributed by atoms with Crippen LogP contribution in [0.1, 0.15) is 10.4 Å². The highest BCUT2D eigenvalue weighted by Crippen LogP contribution is 2.35. The van der Waals surface area contributed by atoms with Crippen LogP contribution in [0.25, 0.3) is 0 Å². The van der Waals surface area contributed by atoms with E-state index in [9.17, 15) is 35.4 Å². The number of rotatable bonds is 7. The van der Waals surface area contributed by atoms with Crippen LogP contribution in [-0.4, -0.2) is 92.2 Å².